The van der Waals surface area contributed by atoms with E-state index in [4.69, 9.17) is 11.6 Å². The number of fused-ring (bicyclic) bond motifs is 2. The molecule has 2 N–H and O–H groups in total. The highest BCUT2D eigenvalue weighted by atomic mass is 35.5. The van der Waals surface area contributed by atoms with Gasteiger partial charge >= 0.3 is 0 Å². The quantitative estimate of drug-likeness (QED) is 0.675. The summed E-state index contributed by atoms with van der Waals surface area (Å²) in [5, 5.41) is 1.43. The zero-order valence-corrected chi connectivity index (χ0v) is 12.7. The molecule has 3 aromatic rings. The number of nitrogens with one attached hydrogen (secondary N) is 2. The van der Waals surface area contributed by atoms with Crippen LogP contribution in [0.1, 0.15) is 18.2 Å². The Bertz CT molecular complexity index is 916. The monoisotopic (exact) mass is 315 g/mol. The Morgan fingerprint density at radius 3 is 3.14 bits per heavy atom. The standard InChI is InChI=1S/C15H14ClN5O/c1-8-4-11-10(15(22)19-7-18-11)6-21(8)12-5-13(16)20-14-9(12)2-3-17-14/h2-3,5,7-8H,4,6H2,1H3,(H,17,20)(H,18,19,22)/t8-/m1/s1. The minimum absolute atomic E-state index is 0.0765. The zero-order chi connectivity index (χ0) is 15.3. The molecular formula is C15H14ClN5O. The first-order chi connectivity index (χ1) is 10.6. The smallest absolute Gasteiger partial charge is 0.255 e. The molecule has 0 saturated carbocycles. The summed E-state index contributed by atoms with van der Waals surface area (Å²) >= 11 is 6.14. The summed E-state index contributed by atoms with van der Waals surface area (Å²) in [5.41, 5.74) is 3.25. The van der Waals surface area contributed by atoms with Crippen molar-refractivity contribution in [2.24, 2.45) is 0 Å². The zero-order valence-electron chi connectivity index (χ0n) is 11.9. The molecule has 0 aliphatic carbocycles. The normalized spacial score (nSPS) is 17.7. The van der Waals surface area contributed by atoms with E-state index in [1.165, 1.54) is 6.33 Å². The Hall–Kier alpha value is -2.34. The highest BCUT2D eigenvalue weighted by Crippen LogP contribution is 2.33. The van der Waals surface area contributed by atoms with Gasteiger partial charge in [0.2, 0.25) is 0 Å². The summed E-state index contributed by atoms with van der Waals surface area (Å²) in [6, 6.07) is 4.05. The second-order valence-corrected chi connectivity index (χ2v) is 5.93. The number of hydrogen-bond acceptors (Lipinski definition) is 4. The van der Waals surface area contributed by atoms with Gasteiger partial charge in [-0.15, -0.1) is 0 Å². The van der Waals surface area contributed by atoms with Crippen LogP contribution in [0.2, 0.25) is 5.15 Å². The molecule has 0 unspecified atom stereocenters. The van der Waals surface area contributed by atoms with Crippen molar-refractivity contribution in [3.05, 3.63) is 51.4 Å². The van der Waals surface area contributed by atoms with Gasteiger partial charge in [0.25, 0.3) is 5.56 Å². The number of hydrogen-bond donors (Lipinski definition) is 2. The third kappa shape index (κ3) is 1.99. The maximum absolute atomic E-state index is 12.1. The first-order valence-corrected chi connectivity index (χ1v) is 7.47. The van der Waals surface area contributed by atoms with Crippen molar-refractivity contribution < 1.29 is 0 Å². The molecule has 0 aromatic carbocycles. The van der Waals surface area contributed by atoms with Gasteiger partial charge in [0.1, 0.15) is 10.8 Å². The highest BCUT2D eigenvalue weighted by molar-refractivity contribution is 6.30. The Balaban J connectivity index is 1.87. The summed E-state index contributed by atoms with van der Waals surface area (Å²) in [6.45, 7) is 2.64. The Kier molecular flexibility index (Phi) is 2.94. The number of aromatic nitrogens is 4. The van der Waals surface area contributed by atoms with Gasteiger partial charge < -0.3 is 14.9 Å². The molecule has 0 radical (unpaired) electrons. The molecule has 4 rings (SSSR count). The second-order valence-electron chi connectivity index (χ2n) is 5.54. The van der Waals surface area contributed by atoms with Crippen molar-refractivity contribution in [2.45, 2.75) is 25.9 Å². The van der Waals surface area contributed by atoms with Crippen LogP contribution in [-0.4, -0.2) is 26.0 Å². The van der Waals surface area contributed by atoms with Gasteiger partial charge in [-0.2, -0.15) is 0 Å². The molecule has 4 heterocycles. The Morgan fingerprint density at radius 2 is 2.27 bits per heavy atom. The fraction of sp³-hybridized carbons (Fsp3) is 0.267. The van der Waals surface area contributed by atoms with Crippen LogP contribution in [0.25, 0.3) is 11.0 Å². The predicted molar refractivity (Wildman–Crippen MR) is 85.3 cm³/mol. The fourth-order valence-electron chi connectivity index (χ4n) is 3.07. The van der Waals surface area contributed by atoms with Crippen LogP contribution >= 0.6 is 11.6 Å². The van der Waals surface area contributed by atoms with Crippen molar-refractivity contribution in [1.82, 2.24) is 19.9 Å². The number of aromatic amines is 2. The average Bonchev–Trinajstić information content (AvgIpc) is 2.94. The molecular weight excluding hydrogens is 302 g/mol. The molecule has 1 aliphatic rings. The van der Waals surface area contributed by atoms with E-state index in [1.807, 2.05) is 18.3 Å². The van der Waals surface area contributed by atoms with Crippen LogP contribution in [0.5, 0.6) is 0 Å². The van der Waals surface area contributed by atoms with E-state index in [0.29, 0.717) is 11.7 Å². The number of nitrogens with zero attached hydrogens (tertiary/aromatic N) is 3. The van der Waals surface area contributed by atoms with Crippen molar-refractivity contribution in [1.29, 1.82) is 0 Å². The molecule has 7 heteroatoms. The lowest BCUT2D eigenvalue weighted by atomic mass is 9.99. The predicted octanol–water partition coefficient (Wildman–Crippen LogP) is 2.25. The van der Waals surface area contributed by atoms with Gasteiger partial charge in [0.05, 0.1) is 29.8 Å². The van der Waals surface area contributed by atoms with E-state index in [0.717, 1.165) is 34.4 Å². The van der Waals surface area contributed by atoms with Crippen molar-refractivity contribution in [3.8, 4) is 0 Å². The number of pyridine rings is 1. The van der Waals surface area contributed by atoms with Crippen molar-refractivity contribution >= 4 is 28.3 Å². The topological polar surface area (TPSA) is 77.7 Å². The molecule has 0 saturated heterocycles. The van der Waals surface area contributed by atoms with Crippen LogP contribution in [0.4, 0.5) is 5.69 Å². The summed E-state index contributed by atoms with van der Waals surface area (Å²) in [5.74, 6) is 0. The summed E-state index contributed by atoms with van der Waals surface area (Å²) < 4.78 is 0. The maximum atomic E-state index is 12.1. The first kappa shape index (κ1) is 13.3. The minimum Gasteiger partial charge on any atom is -0.363 e. The number of H-pyrrole nitrogens is 2. The Labute approximate surface area is 131 Å². The summed E-state index contributed by atoms with van der Waals surface area (Å²) in [4.78, 5) is 28.6. The van der Waals surface area contributed by atoms with Gasteiger partial charge in [-0.25, -0.2) is 9.97 Å². The fourth-order valence-corrected chi connectivity index (χ4v) is 3.26. The largest absolute Gasteiger partial charge is 0.363 e. The molecule has 22 heavy (non-hydrogen) atoms. The molecule has 3 aromatic heterocycles. The van der Waals surface area contributed by atoms with Gasteiger partial charge in [0, 0.05) is 24.0 Å². The summed E-state index contributed by atoms with van der Waals surface area (Å²) in [6.07, 6.45) is 4.04. The van der Waals surface area contributed by atoms with E-state index >= 15 is 0 Å². The van der Waals surface area contributed by atoms with E-state index in [9.17, 15) is 4.79 Å². The Morgan fingerprint density at radius 1 is 1.41 bits per heavy atom. The summed E-state index contributed by atoms with van der Waals surface area (Å²) in [7, 11) is 0. The SMILES string of the molecule is C[C@@H]1Cc2nc[nH]c(=O)c2CN1c1cc(Cl)nc2[nH]ccc12. The van der Waals surface area contributed by atoms with Crippen molar-refractivity contribution in [2.75, 3.05) is 4.90 Å². The van der Waals surface area contributed by atoms with E-state index in [1.54, 1.807) is 0 Å². The lowest BCUT2D eigenvalue weighted by Crippen LogP contribution is -2.41. The molecule has 1 atom stereocenters. The van der Waals surface area contributed by atoms with Crippen LogP contribution in [0.3, 0.4) is 0 Å². The minimum atomic E-state index is -0.0765. The average molecular weight is 316 g/mol. The first-order valence-electron chi connectivity index (χ1n) is 7.09. The van der Waals surface area contributed by atoms with E-state index in [2.05, 4.69) is 31.8 Å². The van der Waals surface area contributed by atoms with Gasteiger partial charge in [-0.05, 0) is 19.1 Å². The molecule has 112 valence electrons. The molecule has 0 amide bonds. The van der Waals surface area contributed by atoms with Gasteiger partial charge in [0.15, 0.2) is 0 Å². The second kappa shape index (κ2) is 4.84. The molecule has 1 aliphatic heterocycles. The number of rotatable bonds is 1. The van der Waals surface area contributed by atoms with Crippen molar-refractivity contribution in [3.63, 3.8) is 0 Å². The van der Waals surface area contributed by atoms with Gasteiger partial charge in [-0.3, -0.25) is 4.79 Å². The third-order valence-electron chi connectivity index (χ3n) is 4.17. The van der Waals surface area contributed by atoms with E-state index in [-0.39, 0.29) is 11.6 Å². The molecule has 0 bridgehead atoms. The molecule has 0 fully saturated rings. The molecule has 0 spiro atoms. The van der Waals surface area contributed by atoms with E-state index < -0.39 is 0 Å². The van der Waals surface area contributed by atoms with Crippen LogP contribution in [-0.2, 0) is 13.0 Å². The third-order valence-corrected chi connectivity index (χ3v) is 4.37. The number of halogens is 1. The lowest BCUT2D eigenvalue weighted by Gasteiger charge is -2.36. The number of anilines is 1. The van der Waals surface area contributed by atoms with Crippen LogP contribution < -0.4 is 10.5 Å². The van der Waals surface area contributed by atoms with Crippen LogP contribution in [0.15, 0.2) is 29.5 Å². The van der Waals surface area contributed by atoms with Gasteiger partial charge in [-0.1, -0.05) is 11.6 Å². The maximum Gasteiger partial charge on any atom is 0.255 e. The highest BCUT2D eigenvalue weighted by Gasteiger charge is 2.27. The molecule has 6 nitrogen and oxygen atoms in total. The van der Waals surface area contributed by atoms with Crippen LogP contribution in [0, 0.1) is 0 Å². The lowest BCUT2D eigenvalue weighted by molar-refractivity contribution is 0.576.